The van der Waals surface area contributed by atoms with E-state index >= 15 is 0 Å². The number of pyridine rings is 1. The highest BCUT2D eigenvalue weighted by atomic mass is 79.9. The first-order chi connectivity index (χ1) is 11.0. The van der Waals surface area contributed by atoms with Gasteiger partial charge >= 0.3 is 0 Å². The van der Waals surface area contributed by atoms with E-state index in [-0.39, 0.29) is 5.91 Å². The maximum absolute atomic E-state index is 12.2. The molecule has 1 amide bonds. The summed E-state index contributed by atoms with van der Waals surface area (Å²) in [6.07, 6.45) is 1.60. The quantitative estimate of drug-likeness (QED) is 0.711. The van der Waals surface area contributed by atoms with E-state index in [1.54, 1.807) is 30.5 Å². The normalized spacial score (nSPS) is 10.6. The maximum Gasteiger partial charge on any atom is 0.255 e. The molecule has 1 aromatic carbocycles. The zero-order valence-corrected chi connectivity index (χ0v) is 14.3. The molecule has 0 saturated carbocycles. The molecule has 2 heterocycles. The third kappa shape index (κ3) is 3.48. The number of benzene rings is 1. The Hall–Kier alpha value is -2.47. The van der Waals surface area contributed by atoms with Crippen molar-refractivity contribution in [3.05, 3.63) is 70.2 Å². The van der Waals surface area contributed by atoms with Crippen LogP contribution in [-0.4, -0.2) is 20.7 Å². The van der Waals surface area contributed by atoms with E-state index in [1.807, 2.05) is 36.7 Å². The second-order valence-corrected chi connectivity index (χ2v) is 6.02. The number of nitrogens with one attached hydrogen (secondary N) is 1. The molecule has 0 spiro atoms. The van der Waals surface area contributed by atoms with Gasteiger partial charge in [0.15, 0.2) is 0 Å². The number of halogens is 1. The van der Waals surface area contributed by atoms with Crippen molar-refractivity contribution >= 4 is 27.5 Å². The predicted molar refractivity (Wildman–Crippen MR) is 92.9 cm³/mol. The Morgan fingerprint density at radius 3 is 2.43 bits per heavy atom. The van der Waals surface area contributed by atoms with E-state index in [4.69, 9.17) is 0 Å². The van der Waals surface area contributed by atoms with Crippen molar-refractivity contribution in [1.82, 2.24) is 14.8 Å². The van der Waals surface area contributed by atoms with Crippen LogP contribution in [0.3, 0.4) is 0 Å². The zero-order chi connectivity index (χ0) is 16.4. The van der Waals surface area contributed by atoms with Crippen LogP contribution in [0.5, 0.6) is 0 Å². The topological polar surface area (TPSA) is 59.8 Å². The van der Waals surface area contributed by atoms with Crippen molar-refractivity contribution in [3.8, 4) is 5.69 Å². The Morgan fingerprint density at radius 1 is 1.13 bits per heavy atom. The largest absolute Gasteiger partial charge is 0.321 e. The van der Waals surface area contributed by atoms with Crippen LogP contribution in [0.2, 0.25) is 0 Å². The summed E-state index contributed by atoms with van der Waals surface area (Å²) in [5.41, 5.74) is 4.18. The molecule has 0 saturated heterocycles. The molecule has 3 aromatic rings. The van der Waals surface area contributed by atoms with E-state index in [0.717, 1.165) is 21.7 Å². The Morgan fingerprint density at radius 2 is 1.87 bits per heavy atom. The van der Waals surface area contributed by atoms with Gasteiger partial charge in [0.2, 0.25) is 0 Å². The third-order valence-electron chi connectivity index (χ3n) is 3.37. The number of hydrogen-bond acceptors (Lipinski definition) is 3. The van der Waals surface area contributed by atoms with Crippen molar-refractivity contribution in [1.29, 1.82) is 0 Å². The molecule has 116 valence electrons. The minimum atomic E-state index is -0.172. The number of rotatable bonds is 3. The second kappa shape index (κ2) is 6.34. The lowest BCUT2D eigenvalue weighted by Gasteiger charge is -2.07. The van der Waals surface area contributed by atoms with Crippen molar-refractivity contribution in [2.75, 3.05) is 5.32 Å². The fraction of sp³-hybridized carbons (Fsp3) is 0.118. The number of anilines is 1. The molecule has 6 heteroatoms. The highest BCUT2D eigenvalue weighted by molar-refractivity contribution is 9.10. The molecule has 0 radical (unpaired) electrons. The molecule has 2 aromatic heterocycles. The molecule has 0 aliphatic carbocycles. The van der Waals surface area contributed by atoms with E-state index < -0.39 is 0 Å². The molecular formula is C17H15BrN4O. The zero-order valence-electron chi connectivity index (χ0n) is 12.7. The number of aryl methyl sites for hydroxylation is 2. The van der Waals surface area contributed by atoms with Gasteiger partial charge < -0.3 is 5.32 Å². The van der Waals surface area contributed by atoms with Gasteiger partial charge in [0.25, 0.3) is 5.91 Å². The number of nitrogens with zero attached hydrogens (tertiary/aromatic N) is 3. The summed E-state index contributed by atoms with van der Waals surface area (Å²) in [5.74, 6) is -0.172. The van der Waals surface area contributed by atoms with E-state index in [9.17, 15) is 4.79 Å². The first kappa shape index (κ1) is 15.4. The van der Waals surface area contributed by atoms with Crippen molar-refractivity contribution in [2.45, 2.75) is 13.8 Å². The van der Waals surface area contributed by atoms with Crippen LogP contribution >= 0.6 is 15.9 Å². The molecule has 5 nitrogen and oxygen atoms in total. The number of aromatic nitrogens is 3. The Balaban J connectivity index is 1.77. The van der Waals surface area contributed by atoms with Gasteiger partial charge in [0.05, 0.1) is 23.3 Å². The van der Waals surface area contributed by atoms with E-state index in [0.29, 0.717) is 11.3 Å². The SMILES string of the molecule is Cc1cc(C)n(-c2ccc(C(=O)Nc3ccc(Br)nc3)cc2)n1. The summed E-state index contributed by atoms with van der Waals surface area (Å²) in [6, 6.07) is 12.9. The fourth-order valence-corrected chi connectivity index (χ4v) is 2.53. The summed E-state index contributed by atoms with van der Waals surface area (Å²) < 4.78 is 2.58. The lowest BCUT2D eigenvalue weighted by atomic mass is 10.2. The molecule has 0 aliphatic heterocycles. The minimum Gasteiger partial charge on any atom is -0.321 e. The number of amides is 1. The van der Waals surface area contributed by atoms with Crippen molar-refractivity contribution in [3.63, 3.8) is 0 Å². The van der Waals surface area contributed by atoms with Crippen LogP contribution in [0.25, 0.3) is 5.69 Å². The first-order valence-electron chi connectivity index (χ1n) is 7.09. The number of carbonyl (C=O) groups is 1. The summed E-state index contributed by atoms with van der Waals surface area (Å²) in [7, 11) is 0. The standard InChI is InChI=1S/C17H15BrN4O/c1-11-9-12(2)22(21-11)15-6-3-13(4-7-15)17(23)20-14-5-8-16(18)19-10-14/h3-10H,1-2H3,(H,20,23). The maximum atomic E-state index is 12.2. The molecule has 0 unspecified atom stereocenters. The van der Waals surface area contributed by atoms with Crippen molar-refractivity contribution in [2.24, 2.45) is 0 Å². The van der Waals surface area contributed by atoms with Crippen LogP contribution in [0.1, 0.15) is 21.7 Å². The summed E-state index contributed by atoms with van der Waals surface area (Å²) >= 11 is 3.26. The molecule has 23 heavy (non-hydrogen) atoms. The molecule has 1 N–H and O–H groups in total. The molecule has 3 rings (SSSR count). The first-order valence-corrected chi connectivity index (χ1v) is 7.89. The van der Waals surface area contributed by atoms with Crippen molar-refractivity contribution < 1.29 is 4.79 Å². The molecule has 0 fully saturated rings. The van der Waals surface area contributed by atoms with Gasteiger partial charge in [-0.2, -0.15) is 5.10 Å². The van der Waals surface area contributed by atoms with Crippen LogP contribution in [-0.2, 0) is 0 Å². The fourth-order valence-electron chi connectivity index (χ4n) is 2.30. The van der Waals surface area contributed by atoms with Gasteiger partial charge in [-0.05, 0) is 72.2 Å². The Labute approximate surface area is 142 Å². The highest BCUT2D eigenvalue weighted by Gasteiger charge is 2.08. The van der Waals surface area contributed by atoms with Gasteiger partial charge in [-0.25, -0.2) is 9.67 Å². The van der Waals surface area contributed by atoms with Gasteiger partial charge in [0.1, 0.15) is 4.60 Å². The van der Waals surface area contributed by atoms with Gasteiger partial charge in [-0.1, -0.05) is 0 Å². The molecule has 0 aliphatic rings. The third-order valence-corrected chi connectivity index (χ3v) is 3.84. The average molecular weight is 371 g/mol. The second-order valence-electron chi connectivity index (χ2n) is 5.21. The molecular weight excluding hydrogens is 356 g/mol. The predicted octanol–water partition coefficient (Wildman–Crippen LogP) is 3.90. The monoisotopic (exact) mass is 370 g/mol. The van der Waals surface area contributed by atoms with Gasteiger partial charge in [0, 0.05) is 11.3 Å². The van der Waals surface area contributed by atoms with Crippen LogP contribution in [0, 0.1) is 13.8 Å². The Kier molecular flexibility index (Phi) is 4.25. The van der Waals surface area contributed by atoms with Gasteiger partial charge in [-0.15, -0.1) is 0 Å². The lowest BCUT2D eigenvalue weighted by molar-refractivity contribution is 0.102. The number of carbonyl (C=O) groups excluding carboxylic acids is 1. The molecule has 0 atom stereocenters. The lowest BCUT2D eigenvalue weighted by Crippen LogP contribution is -2.12. The smallest absolute Gasteiger partial charge is 0.255 e. The van der Waals surface area contributed by atoms with E-state index in [1.165, 1.54) is 0 Å². The summed E-state index contributed by atoms with van der Waals surface area (Å²) in [4.78, 5) is 16.3. The minimum absolute atomic E-state index is 0.172. The molecule has 0 bridgehead atoms. The van der Waals surface area contributed by atoms with Crippen LogP contribution in [0.4, 0.5) is 5.69 Å². The van der Waals surface area contributed by atoms with Crippen LogP contribution in [0.15, 0.2) is 53.3 Å². The summed E-state index contributed by atoms with van der Waals surface area (Å²) in [6.45, 7) is 3.96. The highest BCUT2D eigenvalue weighted by Crippen LogP contribution is 2.15. The van der Waals surface area contributed by atoms with Gasteiger partial charge in [-0.3, -0.25) is 4.79 Å². The Bertz CT molecular complexity index is 838. The number of hydrogen-bond donors (Lipinski definition) is 1. The average Bonchev–Trinajstić information content (AvgIpc) is 2.88. The van der Waals surface area contributed by atoms with E-state index in [2.05, 4.69) is 31.3 Å². The summed E-state index contributed by atoms with van der Waals surface area (Å²) in [5, 5.41) is 7.25. The van der Waals surface area contributed by atoms with Crippen LogP contribution < -0.4 is 5.32 Å².